The van der Waals surface area contributed by atoms with Crippen molar-refractivity contribution >= 4 is 54.5 Å². The van der Waals surface area contributed by atoms with E-state index in [1.54, 1.807) is 0 Å². The standard InChI is InChI=1S/C25H21N.C15H13Br.C10H9N/c1-25(2)23-10-6-5-9-21(23)22-16-20(13-14-24(22)25)26-19-12-11-17-7-3-4-8-18(17)15-19;1-15(2)13-6-4-3-5-11(13)12-9-10(16)7-8-14(12)15;11-10-6-5-8-3-1-2-4-9(8)7-10/h3-16,26H,1-2H3;3-9H,1-2H3;1-7H,11H2. The first-order chi connectivity index (χ1) is 25.6. The van der Waals surface area contributed by atoms with Crippen molar-refractivity contribution in [2.24, 2.45) is 0 Å². The van der Waals surface area contributed by atoms with Gasteiger partial charge in [0.1, 0.15) is 0 Å². The average molecular weight is 752 g/mol. The number of fused-ring (bicyclic) bond motifs is 8. The predicted octanol–water partition coefficient (Wildman–Crippen LogP) is 14.1. The number of nitrogen functional groups attached to an aromatic ring is 1. The van der Waals surface area contributed by atoms with Crippen LogP contribution in [0.25, 0.3) is 43.8 Å². The molecule has 8 aromatic carbocycles. The highest BCUT2D eigenvalue weighted by Gasteiger charge is 2.36. The van der Waals surface area contributed by atoms with Crippen LogP contribution in [0.3, 0.4) is 0 Å². The lowest BCUT2D eigenvalue weighted by atomic mass is 9.82. The number of hydrogen-bond acceptors (Lipinski definition) is 2. The molecule has 2 aliphatic rings. The second-order valence-electron chi connectivity index (χ2n) is 15.1. The van der Waals surface area contributed by atoms with Crippen LogP contribution in [0.5, 0.6) is 0 Å². The fraction of sp³-hybridized carbons (Fsp3) is 0.120. The minimum absolute atomic E-state index is 0.0629. The zero-order chi connectivity index (χ0) is 36.7. The Bertz CT molecular complexity index is 2630. The summed E-state index contributed by atoms with van der Waals surface area (Å²) in [4.78, 5) is 0. The van der Waals surface area contributed by atoms with E-state index in [-0.39, 0.29) is 10.8 Å². The minimum atomic E-state index is 0.0629. The molecule has 0 fully saturated rings. The minimum Gasteiger partial charge on any atom is -0.399 e. The van der Waals surface area contributed by atoms with Gasteiger partial charge in [0.2, 0.25) is 0 Å². The fourth-order valence-corrected chi connectivity index (χ4v) is 8.49. The number of benzene rings is 8. The summed E-state index contributed by atoms with van der Waals surface area (Å²) in [7, 11) is 0. The lowest BCUT2D eigenvalue weighted by Gasteiger charge is -2.21. The maximum Gasteiger partial charge on any atom is 0.0390 e. The Kier molecular flexibility index (Phi) is 8.92. The quantitative estimate of drug-likeness (QED) is 0.173. The van der Waals surface area contributed by atoms with Gasteiger partial charge in [0, 0.05) is 32.4 Å². The summed E-state index contributed by atoms with van der Waals surface area (Å²) in [5.74, 6) is 0. The summed E-state index contributed by atoms with van der Waals surface area (Å²) < 4.78 is 1.15. The smallest absolute Gasteiger partial charge is 0.0390 e. The first-order valence-corrected chi connectivity index (χ1v) is 19.0. The van der Waals surface area contributed by atoms with Crippen molar-refractivity contribution in [3.63, 3.8) is 0 Å². The largest absolute Gasteiger partial charge is 0.399 e. The highest BCUT2D eigenvalue weighted by atomic mass is 79.9. The fourth-order valence-electron chi connectivity index (χ4n) is 8.13. The topological polar surface area (TPSA) is 38.0 Å². The summed E-state index contributed by atoms with van der Waals surface area (Å²) in [5, 5.41) is 8.54. The van der Waals surface area contributed by atoms with E-state index in [9.17, 15) is 0 Å². The summed E-state index contributed by atoms with van der Waals surface area (Å²) in [6.07, 6.45) is 0. The van der Waals surface area contributed by atoms with E-state index in [2.05, 4.69) is 188 Å². The Morgan fingerprint density at radius 2 is 0.830 bits per heavy atom. The number of anilines is 3. The second-order valence-corrected chi connectivity index (χ2v) is 16.0. The Morgan fingerprint density at radius 3 is 1.45 bits per heavy atom. The lowest BCUT2D eigenvalue weighted by Crippen LogP contribution is -2.14. The van der Waals surface area contributed by atoms with E-state index < -0.39 is 0 Å². The van der Waals surface area contributed by atoms with Crippen LogP contribution in [-0.2, 0) is 10.8 Å². The van der Waals surface area contributed by atoms with Crippen molar-refractivity contribution in [1.82, 2.24) is 0 Å². The van der Waals surface area contributed by atoms with E-state index in [0.29, 0.717) is 0 Å². The number of rotatable bonds is 2. The molecule has 0 saturated heterocycles. The molecule has 0 aliphatic heterocycles. The number of nitrogens with two attached hydrogens (primary N) is 1. The summed E-state index contributed by atoms with van der Waals surface area (Å²) in [6, 6.07) is 59.9. The van der Waals surface area contributed by atoms with E-state index in [4.69, 9.17) is 5.73 Å². The van der Waals surface area contributed by atoms with Crippen molar-refractivity contribution in [2.75, 3.05) is 11.1 Å². The Balaban J connectivity index is 0.000000126. The van der Waals surface area contributed by atoms with E-state index in [1.165, 1.54) is 66.1 Å². The Hall–Kier alpha value is -5.64. The van der Waals surface area contributed by atoms with Gasteiger partial charge < -0.3 is 11.1 Å². The molecule has 10 rings (SSSR count). The number of halogens is 1. The first kappa shape index (κ1) is 34.4. The van der Waals surface area contributed by atoms with Crippen LogP contribution in [-0.4, -0.2) is 0 Å². The van der Waals surface area contributed by atoms with Crippen molar-refractivity contribution in [3.05, 3.63) is 197 Å². The van der Waals surface area contributed by atoms with Crippen LogP contribution in [0.15, 0.2) is 174 Å². The van der Waals surface area contributed by atoms with Crippen molar-refractivity contribution in [2.45, 2.75) is 38.5 Å². The molecule has 0 unspecified atom stereocenters. The SMILES string of the molecule is CC1(C)c2ccccc2-c2cc(Br)ccc21.CC1(C)c2ccccc2-c2cc(Nc3ccc4ccccc4c3)ccc21.Nc1ccc2ccccc2c1. The third-order valence-corrected chi connectivity index (χ3v) is 11.4. The van der Waals surface area contributed by atoms with Gasteiger partial charge in [-0.05, 0) is 115 Å². The lowest BCUT2D eigenvalue weighted by molar-refractivity contribution is 0.660. The Morgan fingerprint density at radius 1 is 0.396 bits per heavy atom. The van der Waals surface area contributed by atoms with Crippen LogP contribution in [0.4, 0.5) is 17.1 Å². The van der Waals surface area contributed by atoms with Crippen LogP contribution < -0.4 is 11.1 Å². The summed E-state index contributed by atoms with van der Waals surface area (Å²) in [5.41, 5.74) is 20.0. The van der Waals surface area contributed by atoms with Gasteiger partial charge in [0.25, 0.3) is 0 Å². The summed E-state index contributed by atoms with van der Waals surface area (Å²) >= 11 is 3.55. The Labute approximate surface area is 321 Å². The first-order valence-electron chi connectivity index (χ1n) is 18.2. The maximum absolute atomic E-state index is 5.62. The molecule has 53 heavy (non-hydrogen) atoms. The van der Waals surface area contributed by atoms with Gasteiger partial charge in [-0.15, -0.1) is 0 Å². The molecule has 0 amide bonds. The molecular formula is C50H43BrN2. The molecule has 2 nitrogen and oxygen atoms in total. The van der Waals surface area contributed by atoms with Crippen LogP contribution in [0.1, 0.15) is 49.9 Å². The zero-order valence-corrected chi connectivity index (χ0v) is 32.2. The van der Waals surface area contributed by atoms with Gasteiger partial charge in [0.05, 0.1) is 0 Å². The zero-order valence-electron chi connectivity index (χ0n) is 30.6. The van der Waals surface area contributed by atoms with Crippen molar-refractivity contribution in [3.8, 4) is 22.3 Å². The molecule has 0 radical (unpaired) electrons. The molecule has 8 aromatic rings. The number of nitrogens with one attached hydrogen (secondary N) is 1. The molecule has 0 bridgehead atoms. The van der Waals surface area contributed by atoms with Crippen molar-refractivity contribution in [1.29, 1.82) is 0 Å². The second kappa shape index (κ2) is 13.7. The maximum atomic E-state index is 5.62. The summed E-state index contributed by atoms with van der Waals surface area (Å²) in [6.45, 7) is 9.22. The van der Waals surface area contributed by atoms with Gasteiger partial charge in [-0.25, -0.2) is 0 Å². The molecule has 260 valence electrons. The molecule has 3 heteroatoms. The average Bonchev–Trinajstić information content (AvgIpc) is 3.54. The third kappa shape index (κ3) is 6.51. The molecule has 0 atom stereocenters. The van der Waals surface area contributed by atoms with Gasteiger partial charge in [0.15, 0.2) is 0 Å². The molecule has 0 spiro atoms. The van der Waals surface area contributed by atoms with Gasteiger partial charge >= 0.3 is 0 Å². The highest BCUT2D eigenvalue weighted by molar-refractivity contribution is 9.10. The predicted molar refractivity (Wildman–Crippen MR) is 231 cm³/mol. The van der Waals surface area contributed by atoms with Crippen LogP contribution >= 0.6 is 15.9 Å². The normalized spacial score (nSPS) is 13.8. The highest BCUT2D eigenvalue weighted by Crippen LogP contribution is 2.50. The molecule has 0 saturated carbocycles. The van der Waals surface area contributed by atoms with Crippen LogP contribution in [0.2, 0.25) is 0 Å². The molecule has 0 heterocycles. The monoisotopic (exact) mass is 750 g/mol. The van der Waals surface area contributed by atoms with E-state index >= 15 is 0 Å². The molecule has 2 aliphatic carbocycles. The third-order valence-electron chi connectivity index (χ3n) is 10.9. The molecule has 3 N–H and O–H groups in total. The van der Waals surface area contributed by atoms with Gasteiger partial charge in [-0.2, -0.15) is 0 Å². The van der Waals surface area contributed by atoms with Gasteiger partial charge in [-0.3, -0.25) is 0 Å². The van der Waals surface area contributed by atoms with Crippen molar-refractivity contribution < 1.29 is 0 Å². The molecular weight excluding hydrogens is 708 g/mol. The van der Waals surface area contributed by atoms with E-state index in [1.807, 2.05) is 30.3 Å². The van der Waals surface area contributed by atoms with Crippen LogP contribution in [0, 0.1) is 0 Å². The number of hydrogen-bond donors (Lipinski definition) is 2. The van der Waals surface area contributed by atoms with Gasteiger partial charge in [-0.1, -0.05) is 165 Å². The van der Waals surface area contributed by atoms with E-state index in [0.717, 1.165) is 21.5 Å². The molecule has 0 aromatic heterocycles.